The third-order valence-corrected chi connectivity index (χ3v) is 3.73. The van der Waals surface area contributed by atoms with Crippen LogP contribution in [-0.4, -0.2) is 11.5 Å². The lowest BCUT2D eigenvalue weighted by Gasteiger charge is -2.13. The van der Waals surface area contributed by atoms with Crippen LogP contribution < -0.4 is 10.1 Å². The van der Waals surface area contributed by atoms with E-state index in [9.17, 15) is 0 Å². The second-order valence-corrected chi connectivity index (χ2v) is 6.44. The minimum absolute atomic E-state index is 0.545. The molecule has 0 atom stereocenters. The fourth-order valence-corrected chi connectivity index (χ4v) is 2.49. The van der Waals surface area contributed by atoms with Crippen LogP contribution in [0.2, 0.25) is 5.02 Å². The molecule has 1 aromatic carbocycles. The summed E-state index contributed by atoms with van der Waals surface area (Å²) in [5.41, 5.74) is 2.90. The van der Waals surface area contributed by atoms with Gasteiger partial charge >= 0.3 is 0 Å². The van der Waals surface area contributed by atoms with Crippen molar-refractivity contribution in [1.82, 2.24) is 10.3 Å². The molecule has 20 heavy (non-hydrogen) atoms. The van der Waals surface area contributed by atoms with Crippen molar-refractivity contribution in [3.05, 3.63) is 45.4 Å². The molecule has 0 aliphatic heterocycles. The molecule has 0 bridgehead atoms. The Kier molecular flexibility index (Phi) is 5.83. The first-order chi connectivity index (χ1) is 9.65. The van der Waals surface area contributed by atoms with E-state index in [-0.39, 0.29) is 0 Å². The Hall–Kier alpha value is -1.10. The van der Waals surface area contributed by atoms with E-state index < -0.39 is 0 Å². The molecular formula is C15H19ClN2OS. The SMILES string of the molecule is CC(C)CNCc1cc(Cl)ccc1OCc1cncs1. The minimum Gasteiger partial charge on any atom is -0.488 e. The highest BCUT2D eigenvalue weighted by Gasteiger charge is 2.06. The molecule has 0 saturated heterocycles. The minimum atomic E-state index is 0.545. The fourth-order valence-electron chi connectivity index (χ4n) is 1.78. The predicted octanol–water partition coefficient (Wildman–Crippen LogP) is 4.12. The van der Waals surface area contributed by atoms with Gasteiger partial charge in [-0.1, -0.05) is 25.4 Å². The highest BCUT2D eigenvalue weighted by Crippen LogP contribution is 2.24. The van der Waals surface area contributed by atoms with Crippen molar-refractivity contribution in [2.24, 2.45) is 5.92 Å². The highest BCUT2D eigenvalue weighted by atomic mass is 35.5. The maximum atomic E-state index is 6.07. The Balaban J connectivity index is 1.99. The molecule has 0 amide bonds. The van der Waals surface area contributed by atoms with Crippen LogP contribution in [0.5, 0.6) is 5.75 Å². The number of hydrogen-bond acceptors (Lipinski definition) is 4. The quantitative estimate of drug-likeness (QED) is 0.835. The molecule has 0 saturated carbocycles. The molecule has 0 unspecified atom stereocenters. The van der Waals surface area contributed by atoms with Crippen molar-refractivity contribution in [1.29, 1.82) is 0 Å². The number of aromatic nitrogens is 1. The lowest BCUT2D eigenvalue weighted by molar-refractivity contribution is 0.305. The van der Waals surface area contributed by atoms with Crippen LogP contribution in [-0.2, 0) is 13.2 Å². The van der Waals surface area contributed by atoms with Gasteiger partial charge in [0.05, 0.1) is 10.4 Å². The molecule has 108 valence electrons. The Morgan fingerprint density at radius 1 is 1.40 bits per heavy atom. The first kappa shape index (κ1) is 15.3. The molecule has 5 heteroatoms. The van der Waals surface area contributed by atoms with Gasteiger partial charge in [0.15, 0.2) is 0 Å². The summed E-state index contributed by atoms with van der Waals surface area (Å²) in [6.07, 6.45) is 1.83. The molecule has 1 N–H and O–H groups in total. The number of nitrogens with zero attached hydrogens (tertiary/aromatic N) is 1. The van der Waals surface area contributed by atoms with Gasteiger partial charge in [-0.3, -0.25) is 4.98 Å². The van der Waals surface area contributed by atoms with Gasteiger partial charge < -0.3 is 10.1 Å². The van der Waals surface area contributed by atoms with Crippen molar-refractivity contribution in [3.8, 4) is 5.75 Å². The molecule has 3 nitrogen and oxygen atoms in total. The van der Waals surface area contributed by atoms with Crippen molar-refractivity contribution in [2.75, 3.05) is 6.54 Å². The standard InChI is InChI=1S/C15H19ClN2OS/c1-11(2)6-17-7-12-5-13(16)3-4-15(12)19-9-14-8-18-10-20-14/h3-5,8,10-11,17H,6-7,9H2,1-2H3. The van der Waals surface area contributed by atoms with Gasteiger partial charge in [-0.25, -0.2) is 0 Å². The summed E-state index contributed by atoms with van der Waals surface area (Å²) in [4.78, 5) is 5.16. The van der Waals surface area contributed by atoms with Crippen molar-refractivity contribution in [3.63, 3.8) is 0 Å². The number of rotatable bonds is 7. The van der Waals surface area contributed by atoms with Crippen molar-refractivity contribution < 1.29 is 4.74 Å². The molecule has 0 aliphatic carbocycles. The van der Waals surface area contributed by atoms with Gasteiger partial charge in [0.1, 0.15) is 12.4 Å². The molecular weight excluding hydrogens is 292 g/mol. The van der Waals surface area contributed by atoms with Crippen LogP contribution >= 0.6 is 22.9 Å². The van der Waals surface area contributed by atoms with E-state index in [0.717, 1.165) is 34.3 Å². The zero-order valence-corrected chi connectivity index (χ0v) is 13.3. The first-order valence-corrected chi connectivity index (χ1v) is 7.90. The summed E-state index contributed by atoms with van der Waals surface area (Å²) in [6.45, 7) is 6.65. The van der Waals surface area contributed by atoms with Gasteiger partial charge in [-0.05, 0) is 30.7 Å². The molecule has 1 aromatic heterocycles. The maximum Gasteiger partial charge on any atom is 0.124 e. The molecule has 0 spiro atoms. The van der Waals surface area contributed by atoms with Crippen molar-refractivity contribution in [2.45, 2.75) is 27.0 Å². The number of ether oxygens (including phenoxy) is 1. The van der Waals surface area contributed by atoms with E-state index in [4.69, 9.17) is 16.3 Å². The van der Waals surface area contributed by atoms with Crippen LogP contribution in [0.3, 0.4) is 0 Å². The fraction of sp³-hybridized carbons (Fsp3) is 0.400. The van der Waals surface area contributed by atoms with E-state index in [2.05, 4.69) is 24.1 Å². The monoisotopic (exact) mass is 310 g/mol. The summed E-state index contributed by atoms with van der Waals surface area (Å²) >= 11 is 7.66. The maximum absolute atomic E-state index is 6.07. The van der Waals surface area contributed by atoms with Crippen LogP contribution in [0.4, 0.5) is 0 Å². The first-order valence-electron chi connectivity index (χ1n) is 6.64. The third kappa shape index (κ3) is 4.78. The predicted molar refractivity (Wildman–Crippen MR) is 84.4 cm³/mol. The van der Waals surface area contributed by atoms with Gasteiger partial charge in [0.2, 0.25) is 0 Å². The second-order valence-electron chi connectivity index (χ2n) is 5.03. The lowest BCUT2D eigenvalue weighted by Crippen LogP contribution is -2.19. The number of hydrogen-bond donors (Lipinski definition) is 1. The normalized spacial score (nSPS) is 11.0. The van der Waals surface area contributed by atoms with Crippen molar-refractivity contribution >= 4 is 22.9 Å². The van der Waals surface area contributed by atoms with Gasteiger partial charge in [0, 0.05) is 23.3 Å². The van der Waals surface area contributed by atoms with E-state index in [0.29, 0.717) is 12.5 Å². The molecule has 2 aromatic rings. The van der Waals surface area contributed by atoms with E-state index in [1.807, 2.05) is 29.9 Å². The highest BCUT2D eigenvalue weighted by molar-refractivity contribution is 7.09. The summed E-state index contributed by atoms with van der Waals surface area (Å²) in [7, 11) is 0. The zero-order valence-electron chi connectivity index (χ0n) is 11.7. The van der Waals surface area contributed by atoms with Crippen LogP contribution in [0.15, 0.2) is 29.9 Å². The summed E-state index contributed by atoms with van der Waals surface area (Å²) in [5.74, 6) is 1.50. The van der Waals surface area contributed by atoms with E-state index >= 15 is 0 Å². The Bertz CT molecular complexity index is 529. The largest absolute Gasteiger partial charge is 0.488 e. The van der Waals surface area contributed by atoms with Gasteiger partial charge in [-0.2, -0.15) is 0 Å². The molecule has 0 aliphatic rings. The van der Waals surface area contributed by atoms with Crippen LogP contribution in [0, 0.1) is 5.92 Å². The topological polar surface area (TPSA) is 34.1 Å². The van der Waals surface area contributed by atoms with Crippen LogP contribution in [0.25, 0.3) is 0 Å². The van der Waals surface area contributed by atoms with Crippen LogP contribution in [0.1, 0.15) is 24.3 Å². The number of nitrogens with one attached hydrogen (secondary N) is 1. The molecule has 2 rings (SSSR count). The third-order valence-electron chi connectivity index (χ3n) is 2.74. The Morgan fingerprint density at radius 3 is 2.95 bits per heavy atom. The average Bonchev–Trinajstić information content (AvgIpc) is 2.90. The summed E-state index contributed by atoms with van der Waals surface area (Å²) < 4.78 is 5.87. The molecule has 0 fully saturated rings. The average molecular weight is 311 g/mol. The van der Waals surface area contributed by atoms with E-state index in [1.54, 1.807) is 11.3 Å². The summed E-state index contributed by atoms with van der Waals surface area (Å²) in [5, 5.41) is 4.15. The molecule has 1 heterocycles. The number of thiazole rings is 1. The smallest absolute Gasteiger partial charge is 0.124 e. The van der Waals surface area contributed by atoms with E-state index in [1.165, 1.54) is 0 Å². The molecule has 0 radical (unpaired) electrons. The van der Waals surface area contributed by atoms with Gasteiger partial charge in [-0.15, -0.1) is 11.3 Å². The lowest BCUT2D eigenvalue weighted by atomic mass is 10.2. The Labute approximate surface area is 129 Å². The number of benzene rings is 1. The second kappa shape index (κ2) is 7.62. The Morgan fingerprint density at radius 2 is 2.25 bits per heavy atom. The summed E-state index contributed by atoms with van der Waals surface area (Å²) in [6, 6.07) is 5.74. The number of halogens is 1. The van der Waals surface area contributed by atoms with Gasteiger partial charge in [0.25, 0.3) is 0 Å². The zero-order chi connectivity index (χ0) is 14.4.